The summed E-state index contributed by atoms with van der Waals surface area (Å²) in [5.41, 5.74) is 5.77. The van der Waals surface area contributed by atoms with Gasteiger partial charge in [0.05, 0.1) is 0 Å². The smallest absolute Gasteiger partial charge is 0.183 e. The zero-order valence-corrected chi connectivity index (χ0v) is 26.8. The summed E-state index contributed by atoms with van der Waals surface area (Å²) >= 11 is 1.55. The normalized spacial score (nSPS) is 14.3. The molecule has 0 N–H and O–H groups in total. The molecule has 0 aliphatic heterocycles. The Morgan fingerprint density at radius 2 is 1.47 bits per heavy atom. The van der Waals surface area contributed by atoms with Crippen LogP contribution < -0.4 is 24.8 Å². The molecule has 1 atom stereocenters. The predicted octanol–water partition coefficient (Wildman–Crippen LogP) is 2.63. The maximum Gasteiger partial charge on any atom is 0.183 e. The minimum Gasteiger partial charge on any atom is -1.00 e. The summed E-state index contributed by atoms with van der Waals surface area (Å²) in [6.45, 7) is 11.9. The number of benzene rings is 3. The van der Waals surface area contributed by atoms with Crippen molar-refractivity contribution in [3.8, 4) is 0 Å². The van der Waals surface area contributed by atoms with Crippen LogP contribution in [-0.4, -0.2) is 18.1 Å². The van der Waals surface area contributed by atoms with Crippen LogP contribution in [0.15, 0.2) is 78.4 Å². The average molecular weight is 614 g/mol. The van der Waals surface area contributed by atoms with E-state index in [1.54, 1.807) is 24.2 Å². The minimum atomic E-state index is -1.45. The van der Waals surface area contributed by atoms with Gasteiger partial charge >= 0.3 is 41.3 Å². The second kappa shape index (κ2) is 13.5. The molecule has 0 saturated heterocycles. The van der Waals surface area contributed by atoms with E-state index in [2.05, 4.69) is 112 Å². The van der Waals surface area contributed by atoms with Crippen LogP contribution in [0.25, 0.3) is 27.6 Å². The fraction of sp³-hybridized carbons (Fsp3) is 0.290. The zero-order valence-electron chi connectivity index (χ0n) is 21.9. The topological polar surface area (TPSA) is 9.23 Å². The molecular weight excluding hydrogens is 579 g/mol. The molecule has 0 heterocycles. The Balaban J connectivity index is 0.000000710. The number of hydrogen-bond donors (Lipinski definition) is 0. The summed E-state index contributed by atoms with van der Waals surface area (Å²) in [5.74, 6) is 0.341. The number of halogens is 2. The van der Waals surface area contributed by atoms with Gasteiger partial charge in [0.1, 0.15) is 0 Å². The molecule has 1 aliphatic carbocycles. The van der Waals surface area contributed by atoms with Gasteiger partial charge in [0.15, 0.2) is 8.32 Å². The van der Waals surface area contributed by atoms with Crippen LogP contribution in [0.5, 0.6) is 0 Å². The SMILES string of the molecule is C[C](C)=[Zr+2].C[Si](C)(C)OCCCC1=Cc2ccccc2C1c1cccc2c1[cH-]c1ccccc12.[Cl-].[Cl-]. The second-order valence-electron chi connectivity index (χ2n) is 10.4. The van der Waals surface area contributed by atoms with Crippen molar-refractivity contribution in [2.75, 3.05) is 6.61 Å². The van der Waals surface area contributed by atoms with Gasteiger partial charge in [-0.25, -0.2) is 0 Å². The van der Waals surface area contributed by atoms with Gasteiger partial charge in [0, 0.05) is 12.5 Å². The van der Waals surface area contributed by atoms with Crippen molar-refractivity contribution in [3.63, 3.8) is 0 Å². The molecule has 0 saturated carbocycles. The first-order chi connectivity index (χ1) is 16.2. The van der Waals surface area contributed by atoms with Gasteiger partial charge in [-0.2, -0.15) is 0 Å². The number of allylic oxidation sites excluding steroid dienone is 1. The first kappa shape index (κ1) is 31.0. The van der Waals surface area contributed by atoms with Crippen LogP contribution in [0.3, 0.4) is 0 Å². The van der Waals surface area contributed by atoms with Crippen LogP contribution in [0.1, 0.15) is 49.3 Å². The Morgan fingerprint density at radius 1 is 0.861 bits per heavy atom. The van der Waals surface area contributed by atoms with E-state index in [0.717, 1.165) is 19.4 Å². The molecule has 4 aromatic rings. The standard InChI is InChI=1S/C28H29OSi.C3H6.2ClH.Zr/c1-30(2,3)29-17-9-12-22-18-20-10-5-7-14-24(20)28(22)26-16-8-15-25-23-13-6-4-11-21(23)19-27(25)26;1-3-2;;;/h4-8,10-11,13-16,18-19,28H,9,12,17H2,1-3H3;1-2H3;2*1H;/q-1;;;;+2/p-2. The molecular formula is C31H35Cl2OSiZr-. The van der Waals surface area contributed by atoms with Crippen molar-refractivity contribution in [3.05, 3.63) is 95.1 Å². The molecule has 0 fully saturated rings. The van der Waals surface area contributed by atoms with E-state index in [0.29, 0.717) is 5.92 Å². The first-order valence-electron chi connectivity index (χ1n) is 12.3. The van der Waals surface area contributed by atoms with Gasteiger partial charge < -0.3 is 29.2 Å². The van der Waals surface area contributed by atoms with Gasteiger partial charge in [-0.1, -0.05) is 77.9 Å². The van der Waals surface area contributed by atoms with Crippen molar-refractivity contribution in [1.82, 2.24) is 0 Å². The Bertz CT molecular complexity index is 1350. The summed E-state index contributed by atoms with van der Waals surface area (Å²) < 4.78 is 7.64. The zero-order chi connectivity index (χ0) is 24.3. The van der Waals surface area contributed by atoms with E-state index < -0.39 is 8.32 Å². The predicted molar refractivity (Wildman–Crippen MR) is 148 cm³/mol. The summed E-state index contributed by atoms with van der Waals surface area (Å²) in [6, 6.07) is 26.9. The van der Waals surface area contributed by atoms with E-state index in [9.17, 15) is 0 Å². The summed E-state index contributed by atoms with van der Waals surface area (Å²) in [7, 11) is -1.45. The maximum atomic E-state index is 6.13. The molecule has 1 nitrogen and oxygen atoms in total. The second-order valence-corrected chi connectivity index (χ2v) is 17.4. The summed E-state index contributed by atoms with van der Waals surface area (Å²) in [4.78, 5) is 0. The van der Waals surface area contributed by atoms with Crippen molar-refractivity contribution in [2.24, 2.45) is 0 Å². The largest absolute Gasteiger partial charge is 1.00 e. The van der Waals surface area contributed by atoms with Crippen LogP contribution in [0, 0.1) is 0 Å². The van der Waals surface area contributed by atoms with Gasteiger partial charge in [0.2, 0.25) is 0 Å². The molecule has 0 aromatic heterocycles. The van der Waals surface area contributed by atoms with Gasteiger partial charge in [0.25, 0.3) is 0 Å². The van der Waals surface area contributed by atoms with Crippen LogP contribution in [0.2, 0.25) is 19.6 Å². The van der Waals surface area contributed by atoms with Crippen LogP contribution >= 0.6 is 0 Å². The van der Waals surface area contributed by atoms with E-state index >= 15 is 0 Å². The van der Waals surface area contributed by atoms with Crippen molar-refractivity contribution < 1.29 is 53.5 Å². The van der Waals surface area contributed by atoms with E-state index in [1.807, 2.05) is 0 Å². The fourth-order valence-electron chi connectivity index (χ4n) is 4.88. The molecule has 4 aromatic carbocycles. The van der Waals surface area contributed by atoms with Gasteiger partial charge in [-0.3, -0.25) is 0 Å². The molecule has 36 heavy (non-hydrogen) atoms. The average Bonchev–Trinajstić information content (AvgIpc) is 3.34. The molecule has 0 amide bonds. The quantitative estimate of drug-likeness (QED) is 0.185. The van der Waals surface area contributed by atoms with Crippen molar-refractivity contribution >= 4 is 39.1 Å². The molecule has 0 spiro atoms. The Labute approximate surface area is 245 Å². The molecule has 0 bridgehead atoms. The molecule has 5 heteroatoms. The van der Waals surface area contributed by atoms with Crippen LogP contribution in [0.4, 0.5) is 0 Å². The van der Waals surface area contributed by atoms with Crippen molar-refractivity contribution in [2.45, 2.75) is 52.2 Å². The third kappa shape index (κ3) is 7.42. The number of hydrogen-bond acceptors (Lipinski definition) is 1. The summed E-state index contributed by atoms with van der Waals surface area (Å²) in [6.07, 6.45) is 4.59. The van der Waals surface area contributed by atoms with Gasteiger partial charge in [-0.15, -0.1) is 33.7 Å². The molecule has 1 unspecified atom stereocenters. The number of rotatable bonds is 6. The molecule has 0 radical (unpaired) electrons. The monoisotopic (exact) mass is 611 g/mol. The minimum absolute atomic E-state index is 0. The number of fused-ring (bicyclic) bond motifs is 4. The maximum absolute atomic E-state index is 6.13. The van der Waals surface area contributed by atoms with Gasteiger partial charge in [-0.05, 0) is 43.6 Å². The fourth-order valence-corrected chi connectivity index (χ4v) is 5.64. The van der Waals surface area contributed by atoms with E-state index in [-0.39, 0.29) is 24.8 Å². The Morgan fingerprint density at radius 3 is 2.19 bits per heavy atom. The van der Waals surface area contributed by atoms with E-state index in [1.165, 1.54) is 47.0 Å². The van der Waals surface area contributed by atoms with E-state index in [4.69, 9.17) is 4.43 Å². The molecule has 188 valence electrons. The first-order valence-corrected chi connectivity index (χ1v) is 16.9. The van der Waals surface area contributed by atoms with Crippen LogP contribution in [-0.2, 0) is 28.7 Å². The Kier molecular flexibility index (Phi) is 11.7. The molecule has 5 rings (SSSR count). The third-order valence-corrected chi connectivity index (χ3v) is 7.24. The van der Waals surface area contributed by atoms with Crippen molar-refractivity contribution in [1.29, 1.82) is 0 Å². The summed E-state index contributed by atoms with van der Waals surface area (Å²) in [5, 5.41) is 5.45. The molecule has 1 aliphatic rings. The Hall–Kier alpha value is -1.22. The third-order valence-electron chi connectivity index (χ3n) is 6.17.